The molecule has 2 fully saturated rings. The number of carbonyl (C=O) groups is 2. The van der Waals surface area contributed by atoms with Gasteiger partial charge in [0, 0.05) is 13.1 Å². The summed E-state index contributed by atoms with van der Waals surface area (Å²) in [5.74, 6) is 0.815. The summed E-state index contributed by atoms with van der Waals surface area (Å²) in [4.78, 5) is 27.0. The van der Waals surface area contributed by atoms with E-state index in [1.807, 2.05) is 35.2 Å². The highest BCUT2D eigenvalue weighted by Gasteiger charge is 2.37. The maximum atomic E-state index is 12.4. The third-order valence-corrected chi connectivity index (χ3v) is 4.29. The number of nitrogens with two attached hydrogens (primary N) is 1. The van der Waals surface area contributed by atoms with E-state index in [1.54, 1.807) is 4.90 Å². The van der Waals surface area contributed by atoms with E-state index in [4.69, 9.17) is 10.5 Å². The van der Waals surface area contributed by atoms with Crippen LogP contribution in [0, 0.1) is 5.92 Å². The zero-order valence-electron chi connectivity index (χ0n) is 12.5. The lowest BCUT2D eigenvalue weighted by atomic mass is 9.95. The Labute approximate surface area is 129 Å². The normalized spacial score (nSPS) is 22.1. The zero-order valence-corrected chi connectivity index (χ0v) is 12.5. The van der Waals surface area contributed by atoms with Crippen LogP contribution in [0.1, 0.15) is 12.8 Å². The Morgan fingerprint density at radius 1 is 1.09 bits per heavy atom. The molecule has 2 saturated heterocycles. The monoisotopic (exact) mass is 303 g/mol. The number of nitrogens with zero attached hydrogens (tertiary/aromatic N) is 2. The van der Waals surface area contributed by atoms with Gasteiger partial charge in [0.05, 0.1) is 19.0 Å². The van der Waals surface area contributed by atoms with Gasteiger partial charge in [-0.3, -0.25) is 4.79 Å². The summed E-state index contributed by atoms with van der Waals surface area (Å²) < 4.78 is 5.80. The van der Waals surface area contributed by atoms with Crippen molar-refractivity contribution in [3.63, 3.8) is 0 Å². The van der Waals surface area contributed by atoms with Crippen LogP contribution in [0.2, 0.25) is 0 Å². The molecule has 1 atom stereocenters. The first-order chi connectivity index (χ1) is 10.6. The Hall–Kier alpha value is -2.24. The van der Waals surface area contributed by atoms with Crippen molar-refractivity contribution in [2.45, 2.75) is 18.9 Å². The summed E-state index contributed by atoms with van der Waals surface area (Å²) in [6, 6.07) is 9.18. The molecule has 2 aliphatic rings. The minimum absolute atomic E-state index is 0.0576. The fraction of sp³-hybridized carbons (Fsp3) is 0.500. The second-order valence-corrected chi connectivity index (χ2v) is 5.92. The number of rotatable bonds is 3. The molecule has 2 aliphatic heterocycles. The van der Waals surface area contributed by atoms with Crippen molar-refractivity contribution in [2.24, 2.45) is 11.7 Å². The second-order valence-electron chi connectivity index (χ2n) is 5.92. The van der Waals surface area contributed by atoms with Crippen molar-refractivity contribution in [1.29, 1.82) is 0 Å². The molecule has 6 heteroatoms. The highest BCUT2D eigenvalue weighted by molar-refractivity contribution is 5.81. The number of ether oxygens (including phenoxy) is 1. The third kappa shape index (κ3) is 3.16. The number of benzene rings is 1. The molecule has 22 heavy (non-hydrogen) atoms. The van der Waals surface area contributed by atoms with E-state index < -0.39 is 6.03 Å². The molecule has 118 valence electrons. The van der Waals surface area contributed by atoms with E-state index in [9.17, 15) is 9.59 Å². The molecule has 0 unspecified atom stereocenters. The quantitative estimate of drug-likeness (QED) is 0.907. The molecule has 1 aromatic rings. The van der Waals surface area contributed by atoms with Crippen LogP contribution in [0.25, 0.3) is 0 Å². The molecule has 3 rings (SSSR count). The second kappa shape index (κ2) is 6.25. The minimum Gasteiger partial charge on any atom is -0.487 e. The number of carbonyl (C=O) groups excluding carboxylic acids is 2. The predicted molar refractivity (Wildman–Crippen MR) is 81.3 cm³/mol. The van der Waals surface area contributed by atoms with Gasteiger partial charge in [-0.2, -0.15) is 0 Å². The highest BCUT2D eigenvalue weighted by Crippen LogP contribution is 2.23. The fourth-order valence-electron chi connectivity index (χ4n) is 3.02. The summed E-state index contributed by atoms with van der Waals surface area (Å²) in [5.41, 5.74) is 5.30. The van der Waals surface area contributed by atoms with Crippen LogP contribution >= 0.6 is 0 Å². The van der Waals surface area contributed by atoms with Crippen LogP contribution in [-0.4, -0.2) is 54.0 Å². The molecular weight excluding hydrogens is 282 g/mol. The van der Waals surface area contributed by atoms with Gasteiger partial charge in [0.25, 0.3) is 0 Å². The maximum Gasteiger partial charge on any atom is 0.314 e. The SMILES string of the molecule is NC(=O)N1CCC[C@H](C(=O)N2CC(Oc3ccccc3)C2)C1. The van der Waals surface area contributed by atoms with Gasteiger partial charge in [-0.1, -0.05) is 18.2 Å². The number of hydrogen-bond acceptors (Lipinski definition) is 3. The number of likely N-dealkylation sites (tertiary alicyclic amines) is 2. The third-order valence-electron chi connectivity index (χ3n) is 4.29. The molecule has 0 aromatic heterocycles. The molecular formula is C16H21N3O3. The van der Waals surface area contributed by atoms with Gasteiger partial charge in [0.2, 0.25) is 5.91 Å². The fourth-order valence-corrected chi connectivity index (χ4v) is 3.02. The largest absolute Gasteiger partial charge is 0.487 e. The Morgan fingerprint density at radius 2 is 1.82 bits per heavy atom. The molecule has 2 N–H and O–H groups in total. The summed E-state index contributed by atoms with van der Waals surface area (Å²) in [6.07, 6.45) is 1.71. The van der Waals surface area contributed by atoms with Gasteiger partial charge in [-0.15, -0.1) is 0 Å². The van der Waals surface area contributed by atoms with Crippen molar-refractivity contribution in [3.05, 3.63) is 30.3 Å². The number of amides is 3. The van der Waals surface area contributed by atoms with E-state index in [2.05, 4.69) is 0 Å². The van der Waals surface area contributed by atoms with Crippen LogP contribution in [-0.2, 0) is 4.79 Å². The molecule has 0 bridgehead atoms. The number of piperidine rings is 1. The Bertz CT molecular complexity index is 543. The Morgan fingerprint density at radius 3 is 2.50 bits per heavy atom. The molecule has 3 amide bonds. The summed E-state index contributed by atoms with van der Waals surface area (Å²) in [7, 11) is 0. The minimum atomic E-state index is -0.439. The van der Waals surface area contributed by atoms with Crippen LogP contribution < -0.4 is 10.5 Å². The van der Waals surface area contributed by atoms with Gasteiger partial charge in [0.1, 0.15) is 11.9 Å². The highest BCUT2D eigenvalue weighted by atomic mass is 16.5. The average molecular weight is 303 g/mol. The number of hydrogen-bond donors (Lipinski definition) is 1. The van der Waals surface area contributed by atoms with Crippen LogP contribution in [0.4, 0.5) is 4.79 Å². The van der Waals surface area contributed by atoms with E-state index in [1.165, 1.54) is 0 Å². The standard InChI is InChI=1S/C16H21N3O3/c17-16(21)18-8-4-5-12(9-18)15(20)19-10-14(11-19)22-13-6-2-1-3-7-13/h1-3,6-7,12,14H,4-5,8-11H2,(H2,17,21)/t12-/m0/s1. The number of urea groups is 1. The lowest BCUT2D eigenvalue weighted by molar-refractivity contribution is -0.145. The van der Waals surface area contributed by atoms with E-state index >= 15 is 0 Å². The van der Waals surface area contributed by atoms with Gasteiger partial charge in [-0.05, 0) is 25.0 Å². The van der Waals surface area contributed by atoms with Crippen molar-refractivity contribution in [2.75, 3.05) is 26.2 Å². The van der Waals surface area contributed by atoms with Crippen LogP contribution in [0.5, 0.6) is 5.75 Å². The average Bonchev–Trinajstić information content (AvgIpc) is 2.51. The van der Waals surface area contributed by atoms with E-state index in [-0.39, 0.29) is 17.9 Å². The number of para-hydroxylation sites is 1. The molecule has 1 aromatic carbocycles. The first-order valence-electron chi connectivity index (χ1n) is 7.68. The molecule has 2 heterocycles. The summed E-state index contributed by atoms with van der Waals surface area (Å²) >= 11 is 0. The molecule has 0 saturated carbocycles. The van der Waals surface area contributed by atoms with Gasteiger partial charge >= 0.3 is 6.03 Å². The van der Waals surface area contributed by atoms with Crippen LogP contribution in [0.15, 0.2) is 30.3 Å². The first-order valence-corrected chi connectivity index (χ1v) is 7.68. The molecule has 6 nitrogen and oxygen atoms in total. The summed E-state index contributed by atoms with van der Waals surface area (Å²) in [6.45, 7) is 2.31. The maximum absolute atomic E-state index is 12.4. The lowest BCUT2D eigenvalue weighted by Crippen LogP contribution is -2.59. The van der Waals surface area contributed by atoms with Crippen LogP contribution in [0.3, 0.4) is 0 Å². The number of primary amides is 1. The Kier molecular flexibility index (Phi) is 4.18. The smallest absolute Gasteiger partial charge is 0.314 e. The molecule has 0 radical (unpaired) electrons. The lowest BCUT2D eigenvalue weighted by Gasteiger charge is -2.42. The van der Waals surface area contributed by atoms with Crippen molar-refractivity contribution in [1.82, 2.24) is 9.80 Å². The van der Waals surface area contributed by atoms with Gasteiger partial charge in [0.15, 0.2) is 0 Å². The van der Waals surface area contributed by atoms with Crippen molar-refractivity contribution < 1.29 is 14.3 Å². The van der Waals surface area contributed by atoms with Crippen molar-refractivity contribution in [3.8, 4) is 5.75 Å². The molecule has 0 aliphatic carbocycles. The zero-order chi connectivity index (χ0) is 15.5. The van der Waals surface area contributed by atoms with Gasteiger partial charge < -0.3 is 20.3 Å². The van der Waals surface area contributed by atoms with Crippen molar-refractivity contribution >= 4 is 11.9 Å². The predicted octanol–water partition coefficient (Wildman–Crippen LogP) is 1.07. The van der Waals surface area contributed by atoms with E-state index in [0.29, 0.717) is 26.2 Å². The Balaban J connectivity index is 1.48. The summed E-state index contributed by atoms with van der Waals surface area (Å²) in [5, 5.41) is 0. The van der Waals surface area contributed by atoms with Gasteiger partial charge in [-0.25, -0.2) is 4.79 Å². The molecule has 0 spiro atoms. The topological polar surface area (TPSA) is 75.9 Å². The first kappa shape index (κ1) is 14.7. The van der Waals surface area contributed by atoms with E-state index in [0.717, 1.165) is 18.6 Å².